The molecule has 15 nitrogen and oxygen atoms in total. The van der Waals surface area contributed by atoms with Crippen molar-refractivity contribution in [1.82, 2.24) is 0 Å². The fraction of sp³-hybridized carbons (Fsp3) is 1.00. The average molecular weight is 474 g/mol. The number of aliphatic hydroxyl groups excluding tert-OH is 10. The molecule has 15 heteroatoms. The van der Waals surface area contributed by atoms with Gasteiger partial charge in [-0.2, -0.15) is 0 Å². The maximum Gasteiger partial charge on any atom is 0.187 e. The summed E-state index contributed by atoms with van der Waals surface area (Å²) in [5.41, 5.74) is 0. The van der Waals surface area contributed by atoms with Gasteiger partial charge in [0.2, 0.25) is 0 Å². The molecule has 0 aromatic rings. The molecule has 3 heterocycles. The third kappa shape index (κ3) is 5.07. The Bertz CT molecular complexity index is 592. The van der Waals surface area contributed by atoms with Crippen LogP contribution in [0.3, 0.4) is 0 Å². The summed E-state index contributed by atoms with van der Waals surface area (Å²) in [7, 11) is 0. The van der Waals surface area contributed by atoms with Gasteiger partial charge in [0.25, 0.3) is 0 Å². The van der Waals surface area contributed by atoms with Crippen LogP contribution in [-0.2, 0) is 23.7 Å². The highest BCUT2D eigenvalue weighted by Crippen LogP contribution is 2.29. The Morgan fingerprint density at radius 3 is 1.84 bits per heavy atom. The minimum absolute atomic E-state index is 0.434. The molecule has 10 N–H and O–H groups in total. The fourth-order valence-electron chi connectivity index (χ4n) is 3.75. The maximum atomic E-state index is 10.4. The zero-order valence-electron chi connectivity index (χ0n) is 16.7. The van der Waals surface area contributed by atoms with E-state index in [0.29, 0.717) is 0 Å². The zero-order chi connectivity index (χ0) is 23.7. The standard InChI is InChI=1S/C17H30O15/c18-1-4-7(20)9(22)13(26)17(30-4)31-6-3-28-16(12(25)8(6)21)32-14-5(2-19)29-15(27)11(24)10(14)23/h4-27H,1-3H2/t4-,5-,6-,7-,8+,9+,10-,11-,12-,13-,14-,15-,16+,17+/m1/s1. The third-order valence-corrected chi connectivity index (χ3v) is 5.72. The molecular formula is C17H30O15. The van der Waals surface area contributed by atoms with Crippen LogP contribution in [0.1, 0.15) is 0 Å². The molecule has 0 aromatic carbocycles. The molecular weight excluding hydrogens is 444 g/mol. The predicted molar refractivity (Wildman–Crippen MR) is 95.2 cm³/mol. The summed E-state index contributed by atoms with van der Waals surface area (Å²) in [4.78, 5) is 0. The normalized spacial score (nSPS) is 52.7. The lowest BCUT2D eigenvalue weighted by Crippen LogP contribution is -2.64. The lowest BCUT2D eigenvalue weighted by molar-refractivity contribution is -0.362. The lowest BCUT2D eigenvalue weighted by atomic mass is 9.98. The van der Waals surface area contributed by atoms with Gasteiger partial charge in [0, 0.05) is 0 Å². The summed E-state index contributed by atoms with van der Waals surface area (Å²) in [5.74, 6) is 0. The van der Waals surface area contributed by atoms with Crippen LogP contribution in [0.4, 0.5) is 0 Å². The van der Waals surface area contributed by atoms with Crippen molar-refractivity contribution in [2.75, 3.05) is 19.8 Å². The SMILES string of the molecule is OC[C@H]1O[C@@H](O[C@@H]2CO[C@@H](O[C@H]3[C@H](O)[C@@H](O)[C@H](O)O[C@@H]3CO)[C@H](O)[C@H]2O)[C@H](O)[C@@H](O)[C@@H]1O. The van der Waals surface area contributed by atoms with Crippen molar-refractivity contribution in [2.45, 2.75) is 86.0 Å². The van der Waals surface area contributed by atoms with Gasteiger partial charge in [-0.15, -0.1) is 0 Å². The van der Waals surface area contributed by atoms with Crippen molar-refractivity contribution >= 4 is 0 Å². The molecule has 0 unspecified atom stereocenters. The van der Waals surface area contributed by atoms with Gasteiger partial charge in [0.15, 0.2) is 18.9 Å². The highest BCUT2D eigenvalue weighted by Gasteiger charge is 2.50. The van der Waals surface area contributed by atoms with Gasteiger partial charge < -0.3 is 74.7 Å². The lowest BCUT2D eigenvalue weighted by Gasteiger charge is -2.45. The molecule has 3 saturated heterocycles. The number of aliphatic hydroxyl groups is 10. The molecule has 0 aromatic heterocycles. The minimum Gasteiger partial charge on any atom is -0.394 e. The van der Waals surface area contributed by atoms with E-state index in [1.165, 1.54) is 0 Å². The van der Waals surface area contributed by atoms with Crippen LogP contribution in [-0.4, -0.2) is 157 Å². The minimum atomic E-state index is -1.78. The first-order valence-electron chi connectivity index (χ1n) is 10.00. The molecule has 14 atom stereocenters. The number of ether oxygens (including phenoxy) is 5. The van der Waals surface area contributed by atoms with Crippen molar-refractivity contribution in [3.05, 3.63) is 0 Å². The second-order valence-corrected chi connectivity index (χ2v) is 7.88. The van der Waals surface area contributed by atoms with Gasteiger partial charge in [0.05, 0.1) is 19.8 Å². The summed E-state index contributed by atoms with van der Waals surface area (Å²) in [6, 6.07) is 0. The van der Waals surface area contributed by atoms with E-state index in [0.717, 1.165) is 0 Å². The van der Waals surface area contributed by atoms with Crippen LogP contribution in [0.15, 0.2) is 0 Å². The smallest absolute Gasteiger partial charge is 0.187 e. The Labute approximate surface area is 181 Å². The Morgan fingerprint density at radius 1 is 0.594 bits per heavy atom. The molecule has 0 bridgehead atoms. The summed E-state index contributed by atoms with van der Waals surface area (Å²) in [5, 5.41) is 98.5. The molecule has 0 spiro atoms. The molecule has 3 rings (SSSR count). The molecule has 0 radical (unpaired) electrons. The van der Waals surface area contributed by atoms with E-state index >= 15 is 0 Å². The molecule has 0 amide bonds. The fourth-order valence-corrected chi connectivity index (χ4v) is 3.75. The van der Waals surface area contributed by atoms with Crippen LogP contribution in [0.2, 0.25) is 0 Å². The molecule has 188 valence electrons. The largest absolute Gasteiger partial charge is 0.394 e. The summed E-state index contributed by atoms with van der Waals surface area (Å²) >= 11 is 0. The maximum absolute atomic E-state index is 10.4. The van der Waals surface area contributed by atoms with E-state index in [9.17, 15) is 51.1 Å². The summed E-state index contributed by atoms with van der Waals surface area (Å²) in [6.45, 7) is -1.83. The first-order valence-corrected chi connectivity index (χ1v) is 10.00. The van der Waals surface area contributed by atoms with Gasteiger partial charge in [-0.25, -0.2) is 0 Å². The monoisotopic (exact) mass is 474 g/mol. The van der Waals surface area contributed by atoms with Gasteiger partial charge in [0.1, 0.15) is 67.1 Å². The van der Waals surface area contributed by atoms with Crippen molar-refractivity contribution in [3.8, 4) is 0 Å². The van der Waals surface area contributed by atoms with E-state index in [1.807, 2.05) is 0 Å². The zero-order valence-corrected chi connectivity index (χ0v) is 16.7. The van der Waals surface area contributed by atoms with Gasteiger partial charge in [-0.1, -0.05) is 0 Å². The topological polar surface area (TPSA) is 248 Å². The first kappa shape index (κ1) is 26.0. The molecule has 3 aliphatic heterocycles. The van der Waals surface area contributed by atoms with Crippen LogP contribution in [0, 0.1) is 0 Å². The van der Waals surface area contributed by atoms with E-state index < -0.39 is 106 Å². The van der Waals surface area contributed by atoms with Gasteiger partial charge >= 0.3 is 0 Å². The molecule has 0 aliphatic carbocycles. The summed E-state index contributed by atoms with van der Waals surface area (Å²) in [6.07, 6.45) is -22.2. The second-order valence-electron chi connectivity index (χ2n) is 7.88. The predicted octanol–water partition coefficient (Wildman–Crippen LogP) is -6.93. The van der Waals surface area contributed by atoms with Crippen molar-refractivity contribution in [1.29, 1.82) is 0 Å². The third-order valence-electron chi connectivity index (χ3n) is 5.72. The number of hydrogen-bond acceptors (Lipinski definition) is 15. The average Bonchev–Trinajstić information content (AvgIpc) is 2.78. The number of rotatable bonds is 6. The molecule has 0 saturated carbocycles. The molecule has 32 heavy (non-hydrogen) atoms. The Kier molecular flexibility index (Phi) is 8.75. The second kappa shape index (κ2) is 10.8. The van der Waals surface area contributed by atoms with E-state index in [-0.39, 0.29) is 0 Å². The van der Waals surface area contributed by atoms with Crippen LogP contribution in [0.5, 0.6) is 0 Å². The van der Waals surface area contributed by atoms with Gasteiger partial charge in [-0.05, 0) is 0 Å². The van der Waals surface area contributed by atoms with Crippen LogP contribution in [0.25, 0.3) is 0 Å². The van der Waals surface area contributed by atoms with Crippen molar-refractivity contribution < 1.29 is 74.7 Å². The van der Waals surface area contributed by atoms with Crippen molar-refractivity contribution in [2.24, 2.45) is 0 Å². The quantitative estimate of drug-likeness (QED) is 0.172. The van der Waals surface area contributed by atoms with E-state index in [4.69, 9.17) is 23.7 Å². The molecule has 3 aliphatic rings. The van der Waals surface area contributed by atoms with Crippen LogP contribution >= 0.6 is 0 Å². The number of hydrogen-bond donors (Lipinski definition) is 10. The highest BCUT2D eigenvalue weighted by molar-refractivity contribution is 4.93. The van der Waals surface area contributed by atoms with Crippen LogP contribution < -0.4 is 0 Å². The first-order chi connectivity index (χ1) is 15.1. The van der Waals surface area contributed by atoms with E-state index in [1.54, 1.807) is 0 Å². The van der Waals surface area contributed by atoms with Gasteiger partial charge in [-0.3, -0.25) is 0 Å². The Morgan fingerprint density at radius 2 is 1.22 bits per heavy atom. The Hall–Kier alpha value is -0.600. The Balaban J connectivity index is 1.62. The molecule has 3 fully saturated rings. The highest BCUT2D eigenvalue weighted by atomic mass is 16.7. The summed E-state index contributed by atoms with van der Waals surface area (Å²) < 4.78 is 26.2. The van der Waals surface area contributed by atoms with E-state index in [2.05, 4.69) is 0 Å². The van der Waals surface area contributed by atoms with Crippen molar-refractivity contribution in [3.63, 3.8) is 0 Å².